The molecule has 1 aromatic rings. The molecule has 4 heteroatoms. The Balaban J connectivity index is 1.76. The molecule has 1 fully saturated rings. The molecule has 80 valence electrons. The van der Waals surface area contributed by atoms with E-state index in [1.807, 2.05) is 12.1 Å². The summed E-state index contributed by atoms with van der Waals surface area (Å²) in [5.74, 6) is 0.246. The number of hydrogen-bond donors (Lipinski definition) is 2. The van der Waals surface area contributed by atoms with Crippen molar-refractivity contribution in [2.24, 2.45) is 11.7 Å². The average Bonchev–Trinajstić information content (AvgIpc) is 2.23. The highest BCUT2D eigenvalue weighted by Crippen LogP contribution is 2.25. The zero-order chi connectivity index (χ0) is 10.7. The van der Waals surface area contributed by atoms with Crippen LogP contribution in [-0.2, 0) is 11.3 Å². The summed E-state index contributed by atoms with van der Waals surface area (Å²) >= 11 is 0. The molecule has 1 heterocycles. The number of hydrogen-bond acceptors (Lipinski definition) is 3. The molecule has 3 N–H and O–H groups in total. The molecular formula is C11H15N3O. The van der Waals surface area contributed by atoms with E-state index in [9.17, 15) is 4.79 Å². The number of carbonyl (C=O) groups excluding carboxylic acids is 1. The van der Waals surface area contributed by atoms with Crippen LogP contribution in [0.15, 0.2) is 24.5 Å². The molecule has 2 rings (SSSR count). The highest BCUT2D eigenvalue weighted by atomic mass is 16.1. The molecule has 1 aliphatic carbocycles. The van der Waals surface area contributed by atoms with Gasteiger partial charge in [-0.25, -0.2) is 0 Å². The minimum absolute atomic E-state index is 0.119. The molecule has 0 bridgehead atoms. The first-order chi connectivity index (χ1) is 7.25. The lowest BCUT2D eigenvalue weighted by atomic mass is 9.80. The van der Waals surface area contributed by atoms with Gasteiger partial charge in [0.25, 0.3) is 0 Å². The second-order valence-electron chi connectivity index (χ2n) is 4.00. The van der Waals surface area contributed by atoms with Crippen molar-refractivity contribution in [1.29, 1.82) is 0 Å². The minimum atomic E-state index is 0.119. The molecule has 0 saturated heterocycles. The van der Waals surface area contributed by atoms with Gasteiger partial charge >= 0.3 is 0 Å². The third-order valence-electron chi connectivity index (χ3n) is 2.76. The summed E-state index contributed by atoms with van der Waals surface area (Å²) in [6.45, 7) is 0.576. The summed E-state index contributed by atoms with van der Waals surface area (Å²) in [7, 11) is 0. The first-order valence-electron chi connectivity index (χ1n) is 5.18. The Morgan fingerprint density at radius 1 is 1.47 bits per heavy atom. The van der Waals surface area contributed by atoms with E-state index < -0.39 is 0 Å². The van der Waals surface area contributed by atoms with Crippen molar-refractivity contribution < 1.29 is 4.79 Å². The van der Waals surface area contributed by atoms with Gasteiger partial charge < -0.3 is 11.1 Å². The molecule has 1 amide bonds. The van der Waals surface area contributed by atoms with E-state index in [0.29, 0.717) is 6.54 Å². The third-order valence-corrected chi connectivity index (χ3v) is 2.76. The number of amides is 1. The number of aromatic nitrogens is 1. The quantitative estimate of drug-likeness (QED) is 0.752. The van der Waals surface area contributed by atoms with Gasteiger partial charge in [0.15, 0.2) is 0 Å². The Labute approximate surface area is 88.9 Å². The van der Waals surface area contributed by atoms with E-state index in [4.69, 9.17) is 5.73 Å². The lowest BCUT2D eigenvalue weighted by Gasteiger charge is -2.31. The van der Waals surface area contributed by atoms with E-state index in [1.165, 1.54) is 0 Å². The van der Waals surface area contributed by atoms with Gasteiger partial charge in [0, 0.05) is 30.9 Å². The minimum Gasteiger partial charge on any atom is -0.352 e. The third kappa shape index (κ3) is 2.53. The number of rotatable bonds is 3. The van der Waals surface area contributed by atoms with Crippen LogP contribution in [0.4, 0.5) is 0 Å². The van der Waals surface area contributed by atoms with E-state index in [1.54, 1.807) is 12.4 Å². The van der Waals surface area contributed by atoms with Crippen molar-refractivity contribution in [2.45, 2.75) is 25.4 Å². The number of nitrogens with one attached hydrogen (secondary N) is 1. The second-order valence-corrected chi connectivity index (χ2v) is 4.00. The van der Waals surface area contributed by atoms with Crippen molar-refractivity contribution in [1.82, 2.24) is 10.3 Å². The molecule has 0 radical (unpaired) electrons. The molecule has 0 aromatic carbocycles. The summed E-state index contributed by atoms with van der Waals surface area (Å²) in [6, 6.07) is 4.02. The SMILES string of the molecule is NC1CC(C(=O)NCc2ccncc2)C1. The maximum Gasteiger partial charge on any atom is 0.223 e. The molecule has 15 heavy (non-hydrogen) atoms. The zero-order valence-corrected chi connectivity index (χ0v) is 8.52. The number of carbonyl (C=O) groups is 1. The fraction of sp³-hybridized carbons (Fsp3) is 0.455. The maximum absolute atomic E-state index is 11.6. The zero-order valence-electron chi connectivity index (χ0n) is 8.52. The normalized spacial score (nSPS) is 24.3. The van der Waals surface area contributed by atoms with Crippen molar-refractivity contribution in [3.05, 3.63) is 30.1 Å². The highest BCUT2D eigenvalue weighted by Gasteiger charge is 2.31. The Morgan fingerprint density at radius 3 is 2.73 bits per heavy atom. The molecule has 0 aliphatic heterocycles. The maximum atomic E-state index is 11.6. The van der Waals surface area contributed by atoms with Crippen LogP contribution in [0.1, 0.15) is 18.4 Å². The van der Waals surface area contributed by atoms with E-state index in [2.05, 4.69) is 10.3 Å². The van der Waals surface area contributed by atoms with E-state index >= 15 is 0 Å². The summed E-state index contributed by atoms with van der Waals surface area (Å²) in [5.41, 5.74) is 6.70. The Morgan fingerprint density at radius 2 is 2.13 bits per heavy atom. The van der Waals surface area contributed by atoms with Crippen molar-refractivity contribution in [3.63, 3.8) is 0 Å². The van der Waals surface area contributed by atoms with E-state index in [-0.39, 0.29) is 17.9 Å². The number of pyridine rings is 1. The van der Waals surface area contributed by atoms with Crippen LogP contribution in [0, 0.1) is 5.92 Å². The van der Waals surface area contributed by atoms with Crippen LogP contribution < -0.4 is 11.1 Å². The van der Waals surface area contributed by atoms with Gasteiger partial charge in [0.05, 0.1) is 0 Å². The van der Waals surface area contributed by atoms with Crippen molar-refractivity contribution >= 4 is 5.91 Å². The summed E-state index contributed by atoms with van der Waals surface area (Å²) < 4.78 is 0. The molecule has 1 aromatic heterocycles. The van der Waals surface area contributed by atoms with E-state index in [0.717, 1.165) is 18.4 Å². The lowest BCUT2D eigenvalue weighted by Crippen LogP contribution is -2.44. The molecule has 4 nitrogen and oxygen atoms in total. The predicted octanol–water partition coefficient (Wildman–Crippen LogP) is 0.435. The Kier molecular flexibility index (Phi) is 2.97. The van der Waals surface area contributed by atoms with Crippen molar-refractivity contribution in [3.8, 4) is 0 Å². The van der Waals surface area contributed by atoms with Crippen LogP contribution >= 0.6 is 0 Å². The molecule has 0 atom stereocenters. The fourth-order valence-corrected chi connectivity index (χ4v) is 1.71. The second kappa shape index (κ2) is 4.40. The van der Waals surface area contributed by atoms with Gasteiger partial charge in [-0.1, -0.05) is 0 Å². The first kappa shape index (κ1) is 10.1. The predicted molar refractivity (Wildman–Crippen MR) is 56.8 cm³/mol. The molecule has 1 saturated carbocycles. The number of nitrogens with zero attached hydrogens (tertiary/aromatic N) is 1. The van der Waals surface area contributed by atoms with Gasteiger partial charge in [-0.05, 0) is 30.5 Å². The summed E-state index contributed by atoms with van der Waals surface area (Å²) in [5, 5.41) is 2.90. The highest BCUT2D eigenvalue weighted by molar-refractivity contribution is 5.79. The van der Waals surface area contributed by atoms with Gasteiger partial charge in [0.1, 0.15) is 0 Å². The Bertz CT molecular complexity index is 333. The molecule has 0 spiro atoms. The molecular weight excluding hydrogens is 190 g/mol. The van der Waals surface area contributed by atoms with Crippen LogP contribution in [0.5, 0.6) is 0 Å². The average molecular weight is 205 g/mol. The van der Waals surface area contributed by atoms with Crippen LogP contribution in [0.25, 0.3) is 0 Å². The van der Waals surface area contributed by atoms with Crippen LogP contribution in [0.2, 0.25) is 0 Å². The summed E-state index contributed by atoms with van der Waals surface area (Å²) in [6.07, 6.45) is 5.09. The van der Waals surface area contributed by atoms with Crippen LogP contribution in [-0.4, -0.2) is 16.9 Å². The van der Waals surface area contributed by atoms with Crippen LogP contribution in [0.3, 0.4) is 0 Å². The Hall–Kier alpha value is -1.42. The first-order valence-corrected chi connectivity index (χ1v) is 5.18. The summed E-state index contributed by atoms with van der Waals surface area (Å²) in [4.78, 5) is 15.5. The number of nitrogens with two attached hydrogens (primary N) is 1. The monoisotopic (exact) mass is 205 g/mol. The fourth-order valence-electron chi connectivity index (χ4n) is 1.71. The lowest BCUT2D eigenvalue weighted by molar-refractivity contribution is -0.128. The van der Waals surface area contributed by atoms with Gasteiger partial charge in [-0.3, -0.25) is 9.78 Å². The largest absolute Gasteiger partial charge is 0.352 e. The molecule has 0 unspecified atom stereocenters. The molecule has 1 aliphatic rings. The topological polar surface area (TPSA) is 68.0 Å². The van der Waals surface area contributed by atoms with Gasteiger partial charge in [-0.2, -0.15) is 0 Å². The van der Waals surface area contributed by atoms with Gasteiger partial charge in [-0.15, -0.1) is 0 Å². The van der Waals surface area contributed by atoms with Crippen molar-refractivity contribution in [2.75, 3.05) is 0 Å². The standard InChI is InChI=1S/C11H15N3O/c12-10-5-9(6-10)11(15)14-7-8-1-3-13-4-2-8/h1-4,9-10H,5-7,12H2,(H,14,15). The smallest absolute Gasteiger partial charge is 0.223 e. The van der Waals surface area contributed by atoms with Gasteiger partial charge in [0.2, 0.25) is 5.91 Å².